The highest BCUT2D eigenvalue weighted by Crippen LogP contribution is 2.24. The van der Waals surface area contributed by atoms with E-state index >= 15 is 0 Å². The van der Waals surface area contributed by atoms with Crippen LogP contribution in [0.15, 0.2) is 29.4 Å². The number of carbonyl (C=O) groups is 1. The third-order valence-corrected chi connectivity index (χ3v) is 3.87. The number of rotatable bonds is 6. The zero-order valence-electron chi connectivity index (χ0n) is 12.0. The van der Waals surface area contributed by atoms with Gasteiger partial charge in [-0.25, -0.2) is 4.39 Å². The first-order valence-corrected chi connectivity index (χ1v) is 7.65. The van der Waals surface area contributed by atoms with Crippen molar-refractivity contribution in [3.63, 3.8) is 0 Å². The minimum absolute atomic E-state index is 0.0442. The molecular weight excluding hydrogens is 291 g/mol. The lowest BCUT2D eigenvalue weighted by Crippen LogP contribution is -2.25. The molecule has 0 aliphatic carbocycles. The minimum Gasteiger partial charge on any atom is -0.355 e. The third kappa shape index (κ3) is 3.81. The molecule has 7 heteroatoms. The van der Waals surface area contributed by atoms with E-state index in [2.05, 4.69) is 15.5 Å². The van der Waals surface area contributed by atoms with Gasteiger partial charge in [-0.2, -0.15) is 0 Å². The second-order valence-electron chi connectivity index (χ2n) is 4.48. The molecule has 0 saturated carbocycles. The number of amides is 1. The van der Waals surface area contributed by atoms with Gasteiger partial charge in [0, 0.05) is 13.6 Å². The zero-order chi connectivity index (χ0) is 15.2. The summed E-state index contributed by atoms with van der Waals surface area (Å²) in [4.78, 5) is 11.6. The van der Waals surface area contributed by atoms with E-state index in [0.717, 1.165) is 6.42 Å². The molecule has 0 saturated heterocycles. The van der Waals surface area contributed by atoms with Gasteiger partial charge in [0.05, 0.1) is 11.3 Å². The van der Waals surface area contributed by atoms with Crippen LogP contribution in [0.5, 0.6) is 0 Å². The van der Waals surface area contributed by atoms with Crippen LogP contribution in [0.3, 0.4) is 0 Å². The van der Waals surface area contributed by atoms with Gasteiger partial charge >= 0.3 is 0 Å². The van der Waals surface area contributed by atoms with Crippen molar-refractivity contribution >= 4 is 17.7 Å². The molecule has 0 radical (unpaired) electrons. The van der Waals surface area contributed by atoms with E-state index in [1.165, 1.54) is 17.8 Å². The summed E-state index contributed by atoms with van der Waals surface area (Å²) < 4.78 is 15.5. The van der Waals surface area contributed by atoms with E-state index in [1.54, 1.807) is 29.8 Å². The Labute approximate surface area is 127 Å². The van der Waals surface area contributed by atoms with Gasteiger partial charge in [-0.15, -0.1) is 10.2 Å². The number of halogens is 1. The van der Waals surface area contributed by atoms with Gasteiger partial charge in [0.1, 0.15) is 5.82 Å². The predicted molar refractivity (Wildman–Crippen MR) is 80.4 cm³/mol. The van der Waals surface area contributed by atoms with Gasteiger partial charge in [-0.05, 0) is 18.6 Å². The first-order chi connectivity index (χ1) is 10.1. The van der Waals surface area contributed by atoms with Crippen LogP contribution in [-0.4, -0.2) is 33.0 Å². The van der Waals surface area contributed by atoms with Crippen molar-refractivity contribution in [1.29, 1.82) is 0 Å². The van der Waals surface area contributed by atoms with Crippen molar-refractivity contribution < 1.29 is 9.18 Å². The van der Waals surface area contributed by atoms with Crippen LogP contribution in [0, 0.1) is 5.82 Å². The Hall–Kier alpha value is -1.89. The fraction of sp³-hybridized carbons (Fsp3) is 0.357. The maximum atomic E-state index is 13.8. The Morgan fingerprint density at radius 2 is 2.14 bits per heavy atom. The molecule has 0 aliphatic heterocycles. The molecule has 2 rings (SSSR count). The fourth-order valence-electron chi connectivity index (χ4n) is 1.76. The Morgan fingerprint density at radius 3 is 2.86 bits per heavy atom. The lowest BCUT2D eigenvalue weighted by Gasteiger charge is -2.05. The smallest absolute Gasteiger partial charge is 0.230 e. The van der Waals surface area contributed by atoms with E-state index in [9.17, 15) is 9.18 Å². The summed E-state index contributed by atoms with van der Waals surface area (Å²) in [6, 6.07) is 6.41. The van der Waals surface area contributed by atoms with E-state index < -0.39 is 0 Å². The number of nitrogens with one attached hydrogen (secondary N) is 1. The van der Waals surface area contributed by atoms with Gasteiger partial charge in [0.2, 0.25) is 5.91 Å². The molecule has 0 spiro atoms. The first kappa shape index (κ1) is 15.5. The van der Waals surface area contributed by atoms with Gasteiger partial charge in [0.15, 0.2) is 11.0 Å². The average molecular weight is 308 g/mol. The highest BCUT2D eigenvalue weighted by atomic mass is 32.2. The SMILES string of the molecule is CCCNC(=O)CSc1nnc(-c2ccccc2F)n1C. The Kier molecular flexibility index (Phi) is 5.32. The topological polar surface area (TPSA) is 59.8 Å². The summed E-state index contributed by atoms with van der Waals surface area (Å²) in [5.41, 5.74) is 0.398. The van der Waals surface area contributed by atoms with Crippen LogP contribution in [-0.2, 0) is 11.8 Å². The monoisotopic (exact) mass is 308 g/mol. The van der Waals surface area contributed by atoms with Crippen molar-refractivity contribution in [2.24, 2.45) is 7.05 Å². The fourth-order valence-corrected chi connectivity index (χ4v) is 2.50. The quantitative estimate of drug-likeness (QED) is 0.832. The molecular formula is C14H17FN4OS. The highest BCUT2D eigenvalue weighted by Gasteiger charge is 2.15. The molecule has 1 aromatic heterocycles. The maximum Gasteiger partial charge on any atom is 0.230 e. The number of thioether (sulfide) groups is 1. The molecule has 1 aromatic carbocycles. The Morgan fingerprint density at radius 1 is 1.38 bits per heavy atom. The molecule has 0 bridgehead atoms. The molecule has 0 aliphatic rings. The van der Waals surface area contributed by atoms with Gasteiger partial charge < -0.3 is 9.88 Å². The standard InChI is InChI=1S/C14H17FN4OS/c1-3-8-16-12(20)9-21-14-18-17-13(19(14)2)10-6-4-5-7-11(10)15/h4-7H,3,8-9H2,1-2H3,(H,16,20). The van der Waals surface area contributed by atoms with Crippen molar-refractivity contribution in [3.8, 4) is 11.4 Å². The molecule has 1 amide bonds. The normalized spacial score (nSPS) is 10.6. The van der Waals surface area contributed by atoms with Crippen LogP contribution in [0.4, 0.5) is 4.39 Å². The lowest BCUT2D eigenvalue weighted by molar-refractivity contribution is -0.118. The molecule has 1 N–H and O–H groups in total. The van der Waals surface area contributed by atoms with E-state index in [1.807, 2.05) is 6.92 Å². The predicted octanol–water partition coefficient (Wildman–Crippen LogP) is 2.24. The molecule has 1 heterocycles. The van der Waals surface area contributed by atoms with Gasteiger partial charge in [0.25, 0.3) is 0 Å². The Balaban J connectivity index is 2.07. The summed E-state index contributed by atoms with van der Waals surface area (Å²) in [7, 11) is 1.76. The second kappa shape index (κ2) is 7.21. The summed E-state index contributed by atoms with van der Waals surface area (Å²) in [5.74, 6) is 0.329. The van der Waals surface area contributed by atoms with Crippen LogP contribution in [0.2, 0.25) is 0 Å². The highest BCUT2D eigenvalue weighted by molar-refractivity contribution is 7.99. The largest absolute Gasteiger partial charge is 0.355 e. The molecule has 112 valence electrons. The van der Waals surface area contributed by atoms with Gasteiger partial charge in [-0.3, -0.25) is 4.79 Å². The van der Waals surface area contributed by atoms with Crippen molar-refractivity contribution in [2.45, 2.75) is 18.5 Å². The number of hydrogen-bond acceptors (Lipinski definition) is 4. The van der Waals surface area contributed by atoms with Gasteiger partial charge in [-0.1, -0.05) is 30.8 Å². The summed E-state index contributed by atoms with van der Waals surface area (Å²) >= 11 is 1.28. The molecule has 2 aromatic rings. The van der Waals surface area contributed by atoms with Crippen molar-refractivity contribution in [3.05, 3.63) is 30.1 Å². The van der Waals surface area contributed by atoms with E-state index in [0.29, 0.717) is 23.1 Å². The maximum absolute atomic E-state index is 13.8. The molecule has 5 nitrogen and oxygen atoms in total. The molecule has 0 atom stereocenters. The summed E-state index contributed by atoms with van der Waals surface area (Å²) in [6.45, 7) is 2.66. The number of hydrogen-bond donors (Lipinski definition) is 1. The number of carbonyl (C=O) groups excluding carboxylic acids is 1. The third-order valence-electron chi connectivity index (χ3n) is 2.85. The lowest BCUT2D eigenvalue weighted by atomic mass is 10.2. The van der Waals surface area contributed by atoms with Crippen molar-refractivity contribution in [2.75, 3.05) is 12.3 Å². The van der Waals surface area contributed by atoms with E-state index in [-0.39, 0.29) is 17.5 Å². The van der Waals surface area contributed by atoms with Crippen molar-refractivity contribution in [1.82, 2.24) is 20.1 Å². The summed E-state index contributed by atoms with van der Waals surface area (Å²) in [5, 5.41) is 11.4. The van der Waals surface area contributed by atoms with Crippen LogP contribution < -0.4 is 5.32 Å². The number of aromatic nitrogens is 3. The van der Waals surface area contributed by atoms with Crippen LogP contribution in [0.25, 0.3) is 11.4 Å². The molecule has 0 fully saturated rings. The van der Waals surface area contributed by atoms with Crippen LogP contribution >= 0.6 is 11.8 Å². The number of nitrogens with zero attached hydrogens (tertiary/aromatic N) is 3. The molecule has 0 unspecified atom stereocenters. The Bertz CT molecular complexity index is 629. The van der Waals surface area contributed by atoms with Crippen LogP contribution in [0.1, 0.15) is 13.3 Å². The average Bonchev–Trinajstić information content (AvgIpc) is 2.84. The van der Waals surface area contributed by atoms with E-state index in [4.69, 9.17) is 0 Å². The second-order valence-corrected chi connectivity index (χ2v) is 5.43. The zero-order valence-corrected chi connectivity index (χ0v) is 12.8. The summed E-state index contributed by atoms with van der Waals surface area (Å²) in [6.07, 6.45) is 0.901. The minimum atomic E-state index is -0.342. The first-order valence-electron chi connectivity index (χ1n) is 6.67. The molecule has 21 heavy (non-hydrogen) atoms. The number of benzene rings is 1.